The number of hydrogen-bond acceptors (Lipinski definition) is 6. The van der Waals surface area contributed by atoms with Crippen molar-refractivity contribution in [3.63, 3.8) is 0 Å². The molecule has 0 saturated carbocycles. The fourth-order valence-electron chi connectivity index (χ4n) is 3.72. The summed E-state index contributed by atoms with van der Waals surface area (Å²) in [6.07, 6.45) is 2.63. The Kier molecular flexibility index (Phi) is 7.77. The van der Waals surface area contributed by atoms with Crippen LogP contribution >= 0.6 is 0 Å². The topological polar surface area (TPSA) is 74.5 Å². The Labute approximate surface area is 173 Å². The van der Waals surface area contributed by atoms with Gasteiger partial charge in [0.15, 0.2) is 5.82 Å². The highest BCUT2D eigenvalue weighted by molar-refractivity contribution is 5.78. The molecule has 1 aromatic carbocycles. The van der Waals surface area contributed by atoms with Gasteiger partial charge in [0, 0.05) is 38.6 Å². The Balaban J connectivity index is 1.46. The van der Waals surface area contributed by atoms with Crippen molar-refractivity contribution in [1.29, 1.82) is 0 Å². The minimum absolute atomic E-state index is 0.0764. The van der Waals surface area contributed by atoms with E-state index in [0.29, 0.717) is 18.9 Å². The first kappa shape index (κ1) is 21.5. The number of piperazine rings is 1. The van der Waals surface area contributed by atoms with Crippen molar-refractivity contribution in [2.75, 3.05) is 32.7 Å². The lowest BCUT2D eigenvalue weighted by atomic mass is 10.1. The zero-order valence-corrected chi connectivity index (χ0v) is 17.8. The third-order valence-electron chi connectivity index (χ3n) is 5.72. The standard InChI is InChI=1S/C22H33N5O2/c1-4-19(5-2)23-21(28)16-26-11-13-27(14-12-26)17(3)22-24-20(25-29-22)15-18-9-7-6-8-10-18/h6-10,17,19H,4-5,11-16H2,1-3H3,(H,23,28)/t17-/m1/s1. The van der Waals surface area contributed by atoms with Gasteiger partial charge in [0.25, 0.3) is 0 Å². The summed E-state index contributed by atoms with van der Waals surface area (Å²) < 4.78 is 5.53. The van der Waals surface area contributed by atoms with Gasteiger partial charge in [0.1, 0.15) is 0 Å². The van der Waals surface area contributed by atoms with Gasteiger partial charge in [-0.25, -0.2) is 0 Å². The smallest absolute Gasteiger partial charge is 0.243 e. The van der Waals surface area contributed by atoms with Crippen LogP contribution in [0.15, 0.2) is 34.9 Å². The third-order valence-corrected chi connectivity index (χ3v) is 5.72. The van der Waals surface area contributed by atoms with E-state index in [1.165, 1.54) is 5.56 Å². The van der Waals surface area contributed by atoms with E-state index >= 15 is 0 Å². The van der Waals surface area contributed by atoms with Crippen LogP contribution in [0.1, 0.15) is 56.9 Å². The van der Waals surface area contributed by atoms with Crippen LogP contribution in [-0.4, -0.2) is 64.6 Å². The summed E-state index contributed by atoms with van der Waals surface area (Å²) >= 11 is 0. The molecule has 0 aliphatic carbocycles. The highest BCUT2D eigenvalue weighted by Gasteiger charge is 2.26. The molecular weight excluding hydrogens is 366 g/mol. The second-order valence-electron chi connectivity index (χ2n) is 7.78. The maximum Gasteiger partial charge on any atom is 0.243 e. The molecule has 0 unspecified atom stereocenters. The maximum absolute atomic E-state index is 12.2. The van der Waals surface area contributed by atoms with Crippen LogP contribution in [0, 0.1) is 0 Å². The van der Waals surface area contributed by atoms with Gasteiger partial charge in [-0.2, -0.15) is 4.98 Å². The average Bonchev–Trinajstić information content (AvgIpc) is 3.21. The lowest BCUT2D eigenvalue weighted by molar-refractivity contribution is -0.123. The first-order chi connectivity index (χ1) is 14.1. The minimum Gasteiger partial charge on any atom is -0.352 e. The molecule has 1 fully saturated rings. The van der Waals surface area contributed by atoms with Crippen LogP contribution in [0.5, 0.6) is 0 Å². The molecule has 1 aliphatic heterocycles. The Morgan fingerprint density at radius 2 is 1.83 bits per heavy atom. The van der Waals surface area contributed by atoms with Gasteiger partial charge in [0.05, 0.1) is 12.6 Å². The summed E-state index contributed by atoms with van der Waals surface area (Å²) in [5.41, 5.74) is 1.17. The number of carbonyl (C=O) groups is 1. The summed E-state index contributed by atoms with van der Waals surface area (Å²) in [6, 6.07) is 10.5. The molecule has 2 heterocycles. The van der Waals surface area contributed by atoms with Crippen LogP contribution in [0.2, 0.25) is 0 Å². The fourth-order valence-corrected chi connectivity index (χ4v) is 3.72. The van der Waals surface area contributed by atoms with Gasteiger partial charge in [-0.05, 0) is 25.3 Å². The number of aromatic nitrogens is 2. The van der Waals surface area contributed by atoms with E-state index in [0.717, 1.165) is 44.8 Å². The van der Waals surface area contributed by atoms with Crippen LogP contribution in [0.4, 0.5) is 0 Å². The molecule has 1 aliphatic rings. The molecule has 1 aromatic heterocycles. The number of amides is 1. The van der Waals surface area contributed by atoms with Crippen molar-refractivity contribution in [3.05, 3.63) is 47.6 Å². The Morgan fingerprint density at radius 1 is 1.14 bits per heavy atom. The molecule has 7 heteroatoms. The molecule has 0 bridgehead atoms. The lowest BCUT2D eigenvalue weighted by Crippen LogP contribution is -2.50. The number of hydrogen-bond donors (Lipinski definition) is 1. The highest BCUT2D eigenvalue weighted by Crippen LogP contribution is 2.20. The van der Waals surface area contributed by atoms with Gasteiger partial charge in [0.2, 0.25) is 11.8 Å². The van der Waals surface area contributed by atoms with Crippen molar-refractivity contribution in [2.24, 2.45) is 0 Å². The molecule has 0 spiro atoms. The summed E-state index contributed by atoms with van der Waals surface area (Å²) in [4.78, 5) is 21.4. The molecule has 0 radical (unpaired) electrons. The molecule has 158 valence electrons. The van der Waals surface area contributed by atoms with Gasteiger partial charge in [-0.15, -0.1) is 0 Å². The van der Waals surface area contributed by atoms with E-state index in [1.807, 2.05) is 18.2 Å². The molecule has 1 atom stereocenters. The number of rotatable bonds is 9. The summed E-state index contributed by atoms with van der Waals surface area (Å²) in [6.45, 7) is 10.3. The Bertz CT molecular complexity index is 752. The lowest BCUT2D eigenvalue weighted by Gasteiger charge is -2.36. The Hall–Kier alpha value is -2.25. The monoisotopic (exact) mass is 399 g/mol. The second kappa shape index (κ2) is 10.5. The van der Waals surface area contributed by atoms with Crippen LogP contribution in [0.25, 0.3) is 0 Å². The van der Waals surface area contributed by atoms with Crippen molar-refractivity contribution in [2.45, 2.75) is 52.1 Å². The number of nitrogens with one attached hydrogen (secondary N) is 1. The van der Waals surface area contributed by atoms with Crippen molar-refractivity contribution >= 4 is 5.91 Å². The number of carbonyl (C=O) groups excluding carboxylic acids is 1. The molecule has 29 heavy (non-hydrogen) atoms. The Morgan fingerprint density at radius 3 is 2.48 bits per heavy atom. The summed E-state index contributed by atoms with van der Waals surface area (Å²) in [5, 5.41) is 7.27. The summed E-state index contributed by atoms with van der Waals surface area (Å²) in [5.74, 6) is 1.51. The molecule has 3 rings (SSSR count). The van der Waals surface area contributed by atoms with Gasteiger partial charge in [-0.1, -0.05) is 49.3 Å². The zero-order valence-electron chi connectivity index (χ0n) is 17.8. The van der Waals surface area contributed by atoms with Crippen molar-refractivity contribution in [3.8, 4) is 0 Å². The van der Waals surface area contributed by atoms with Crippen LogP contribution < -0.4 is 5.32 Å². The van der Waals surface area contributed by atoms with E-state index in [-0.39, 0.29) is 18.0 Å². The quantitative estimate of drug-likeness (QED) is 0.699. The fraction of sp³-hybridized carbons (Fsp3) is 0.591. The van der Waals surface area contributed by atoms with E-state index in [2.05, 4.69) is 58.2 Å². The molecule has 2 aromatic rings. The molecule has 1 N–H and O–H groups in total. The van der Waals surface area contributed by atoms with Crippen molar-refractivity contribution in [1.82, 2.24) is 25.3 Å². The van der Waals surface area contributed by atoms with Gasteiger partial charge < -0.3 is 9.84 Å². The number of nitrogens with zero attached hydrogens (tertiary/aromatic N) is 4. The second-order valence-corrected chi connectivity index (χ2v) is 7.78. The molecule has 1 saturated heterocycles. The predicted octanol–water partition coefficient (Wildman–Crippen LogP) is 2.64. The first-order valence-corrected chi connectivity index (χ1v) is 10.7. The third kappa shape index (κ3) is 6.11. The minimum atomic E-state index is 0.0764. The van der Waals surface area contributed by atoms with Crippen LogP contribution in [0.3, 0.4) is 0 Å². The molecule has 1 amide bonds. The van der Waals surface area contributed by atoms with E-state index in [9.17, 15) is 4.79 Å². The average molecular weight is 400 g/mol. The largest absolute Gasteiger partial charge is 0.352 e. The molecule has 7 nitrogen and oxygen atoms in total. The SMILES string of the molecule is CCC(CC)NC(=O)CN1CCN([C@H](C)c2nc(Cc3ccccc3)no2)CC1. The number of benzene rings is 1. The van der Waals surface area contributed by atoms with Crippen LogP contribution in [-0.2, 0) is 11.2 Å². The predicted molar refractivity (Wildman–Crippen MR) is 112 cm³/mol. The highest BCUT2D eigenvalue weighted by atomic mass is 16.5. The van der Waals surface area contributed by atoms with E-state index in [4.69, 9.17) is 4.52 Å². The first-order valence-electron chi connectivity index (χ1n) is 10.7. The maximum atomic E-state index is 12.2. The molecular formula is C22H33N5O2. The van der Waals surface area contributed by atoms with E-state index < -0.39 is 0 Å². The van der Waals surface area contributed by atoms with Gasteiger partial charge in [-0.3, -0.25) is 14.6 Å². The normalized spacial score (nSPS) is 16.8. The van der Waals surface area contributed by atoms with Crippen molar-refractivity contribution < 1.29 is 9.32 Å². The van der Waals surface area contributed by atoms with Gasteiger partial charge >= 0.3 is 0 Å². The summed E-state index contributed by atoms with van der Waals surface area (Å²) in [7, 11) is 0. The van der Waals surface area contributed by atoms with E-state index in [1.54, 1.807) is 0 Å². The zero-order chi connectivity index (χ0) is 20.6.